The number of anilines is 1. The molecule has 3 aromatic rings. The van der Waals surface area contributed by atoms with Crippen LogP contribution in [0, 0.1) is 0 Å². The van der Waals surface area contributed by atoms with E-state index < -0.39 is 0 Å². The molecule has 8 nitrogen and oxygen atoms in total. The number of carbonyl (C=O) groups excluding carboxylic acids is 1. The summed E-state index contributed by atoms with van der Waals surface area (Å²) in [5.41, 5.74) is 2.39. The van der Waals surface area contributed by atoms with Gasteiger partial charge in [-0.1, -0.05) is 12.1 Å². The van der Waals surface area contributed by atoms with Gasteiger partial charge in [0, 0.05) is 37.4 Å². The molecule has 0 saturated carbocycles. The number of hydrogen-bond donors (Lipinski definition) is 1. The maximum Gasteiger partial charge on any atom is 0.322 e. The number of urea groups is 1. The van der Waals surface area contributed by atoms with Gasteiger partial charge < -0.3 is 29.3 Å². The van der Waals surface area contributed by atoms with Crippen molar-refractivity contribution in [2.75, 3.05) is 39.2 Å². The Morgan fingerprint density at radius 1 is 0.971 bits per heavy atom. The molecule has 2 aliphatic heterocycles. The lowest BCUT2D eigenvalue weighted by Crippen LogP contribution is -2.56. The van der Waals surface area contributed by atoms with Gasteiger partial charge in [-0.3, -0.25) is 0 Å². The average molecular weight is 473 g/mol. The van der Waals surface area contributed by atoms with Crippen molar-refractivity contribution in [1.82, 2.24) is 9.80 Å². The fraction of sp³-hybridized carbons (Fsp3) is 0.259. The first kappa shape index (κ1) is 22.6. The van der Waals surface area contributed by atoms with Gasteiger partial charge in [0.1, 0.15) is 28.8 Å². The zero-order chi connectivity index (χ0) is 24.4. The Morgan fingerprint density at radius 2 is 1.71 bits per heavy atom. The van der Waals surface area contributed by atoms with Crippen LogP contribution in [0.4, 0.5) is 16.2 Å². The lowest BCUT2D eigenvalue weighted by molar-refractivity contribution is 0.145. The van der Waals surface area contributed by atoms with E-state index in [4.69, 9.17) is 19.2 Å². The van der Waals surface area contributed by atoms with Crippen molar-refractivity contribution < 1.29 is 19.0 Å². The van der Waals surface area contributed by atoms with Gasteiger partial charge in [-0.05, 0) is 55.5 Å². The van der Waals surface area contributed by atoms with E-state index in [1.165, 1.54) is 0 Å². The van der Waals surface area contributed by atoms with Crippen LogP contribution in [0.15, 0.2) is 71.7 Å². The zero-order valence-electron chi connectivity index (χ0n) is 20.0. The molecule has 2 heterocycles. The SMILES string of the molecule is COc1ccc(NC(=O)N2CCN(C3=Nc4ccccc4Oc4cc(OC)ccc43)CC2C)cc1. The van der Waals surface area contributed by atoms with E-state index in [9.17, 15) is 4.79 Å². The van der Waals surface area contributed by atoms with Gasteiger partial charge in [-0.15, -0.1) is 0 Å². The lowest BCUT2D eigenvalue weighted by atomic mass is 10.1. The summed E-state index contributed by atoms with van der Waals surface area (Å²) in [5.74, 6) is 3.69. The van der Waals surface area contributed by atoms with Crippen LogP contribution in [-0.4, -0.2) is 61.6 Å². The topological polar surface area (TPSA) is 75.6 Å². The average Bonchev–Trinajstić information content (AvgIpc) is 3.05. The Morgan fingerprint density at radius 3 is 2.46 bits per heavy atom. The van der Waals surface area contributed by atoms with Crippen LogP contribution in [0.2, 0.25) is 0 Å². The smallest absolute Gasteiger partial charge is 0.322 e. The highest BCUT2D eigenvalue weighted by Gasteiger charge is 2.31. The van der Waals surface area contributed by atoms with Crippen LogP contribution in [0.5, 0.6) is 23.0 Å². The van der Waals surface area contributed by atoms with Gasteiger partial charge in [0.05, 0.1) is 19.8 Å². The largest absolute Gasteiger partial charge is 0.497 e. The first-order chi connectivity index (χ1) is 17.1. The number of carbonyl (C=O) groups is 1. The molecule has 1 fully saturated rings. The first-order valence-electron chi connectivity index (χ1n) is 11.6. The van der Waals surface area contributed by atoms with Gasteiger partial charge in [0.15, 0.2) is 5.75 Å². The van der Waals surface area contributed by atoms with E-state index >= 15 is 0 Å². The molecule has 0 bridgehead atoms. The molecule has 2 amide bonds. The second-order valence-electron chi connectivity index (χ2n) is 8.51. The highest BCUT2D eigenvalue weighted by molar-refractivity contribution is 6.04. The minimum atomic E-state index is -0.121. The summed E-state index contributed by atoms with van der Waals surface area (Å²) in [5, 5.41) is 2.99. The van der Waals surface area contributed by atoms with Crippen LogP contribution in [0.1, 0.15) is 12.5 Å². The molecule has 3 aromatic carbocycles. The monoisotopic (exact) mass is 472 g/mol. The highest BCUT2D eigenvalue weighted by atomic mass is 16.5. The maximum atomic E-state index is 13.0. The molecule has 8 heteroatoms. The molecule has 1 N–H and O–H groups in total. The third kappa shape index (κ3) is 4.59. The molecular weight excluding hydrogens is 444 g/mol. The van der Waals surface area contributed by atoms with E-state index in [1.807, 2.05) is 71.6 Å². The number of fused-ring (bicyclic) bond motifs is 2. The van der Waals surface area contributed by atoms with Crippen molar-refractivity contribution in [2.45, 2.75) is 13.0 Å². The zero-order valence-corrected chi connectivity index (χ0v) is 20.0. The number of ether oxygens (including phenoxy) is 3. The number of nitrogens with zero attached hydrogens (tertiary/aromatic N) is 3. The summed E-state index contributed by atoms with van der Waals surface area (Å²) in [6.07, 6.45) is 0. The maximum absolute atomic E-state index is 13.0. The van der Waals surface area contributed by atoms with Crippen molar-refractivity contribution in [3.63, 3.8) is 0 Å². The molecular formula is C27H28N4O4. The number of piperazine rings is 1. The molecule has 2 aliphatic rings. The predicted molar refractivity (Wildman–Crippen MR) is 135 cm³/mol. The molecule has 0 radical (unpaired) electrons. The molecule has 0 aromatic heterocycles. The van der Waals surface area contributed by atoms with E-state index in [0.717, 1.165) is 34.3 Å². The van der Waals surface area contributed by atoms with Crippen LogP contribution in [0.3, 0.4) is 0 Å². The van der Waals surface area contributed by atoms with E-state index in [1.54, 1.807) is 14.2 Å². The molecule has 5 rings (SSSR count). The standard InChI is InChI=1S/C27H28N4O4/c1-18-17-30(14-15-31(18)27(32)28-19-8-10-20(33-2)11-9-19)26-22-13-12-21(34-3)16-25(22)35-24-7-5-4-6-23(24)29-26/h4-13,16,18H,14-15,17H2,1-3H3,(H,28,32). The molecule has 1 atom stereocenters. The van der Waals surface area contributed by atoms with E-state index in [2.05, 4.69) is 17.1 Å². The van der Waals surface area contributed by atoms with Crippen LogP contribution < -0.4 is 19.5 Å². The minimum absolute atomic E-state index is 0.0224. The third-order valence-corrected chi connectivity index (χ3v) is 6.27. The fourth-order valence-corrected chi connectivity index (χ4v) is 4.39. The highest BCUT2D eigenvalue weighted by Crippen LogP contribution is 2.39. The van der Waals surface area contributed by atoms with Crippen molar-refractivity contribution in [2.24, 2.45) is 4.99 Å². The lowest BCUT2D eigenvalue weighted by Gasteiger charge is -2.41. The second kappa shape index (κ2) is 9.58. The van der Waals surface area contributed by atoms with Crippen molar-refractivity contribution in [3.8, 4) is 23.0 Å². The van der Waals surface area contributed by atoms with Crippen molar-refractivity contribution >= 4 is 23.2 Å². The Kier molecular flexibility index (Phi) is 6.18. The number of amides is 2. The number of para-hydroxylation sites is 2. The molecule has 35 heavy (non-hydrogen) atoms. The second-order valence-corrected chi connectivity index (χ2v) is 8.51. The number of rotatable bonds is 3. The summed E-state index contributed by atoms with van der Waals surface area (Å²) in [7, 11) is 3.26. The van der Waals surface area contributed by atoms with Crippen molar-refractivity contribution in [1.29, 1.82) is 0 Å². The van der Waals surface area contributed by atoms with Crippen LogP contribution >= 0.6 is 0 Å². The molecule has 0 aliphatic carbocycles. The Labute approximate surface area is 204 Å². The Hall–Kier alpha value is -4.20. The van der Waals surface area contributed by atoms with Gasteiger partial charge in [-0.2, -0.15) is 0 Å². The third-order valence-electron chi connectivity index (χ3n) is 6.27. The van der Waals surface area contributed by atoms with Crippen LogP contribution in [0.25, 0.3) is 0 Å². The Bertz CT molecular complexity index is 1260. The normalized spacial score (nSPS) is 16.8. The minimum Gasteiger partial charge on any atom is -0.497 e. The predicted octanol–water partition coefficient (Wildman–Crippen LogP) is 5.13. The Balaban J connectivity index is 1.37. The number of hydrogen-bond acceptors (Lipinski definition) is 6. The van der Waals surface area contributed by atoms with Gasteiger partial charge in [0.25, 0.3) is 0 Å². The van der Waals surface area contributed by atoms with Crippen LogP contribution in [-0.2, 0) is 0 Å². The number of methoxy groups -OCH3 is 2. The summed E-state index contributed by atoms with van der Waals surface area (Å²) in [6, 6.07) is 20.7. The summed E-state index contributed by atoms with van der Waals surface area (Å²) in [6.45, 7) is 3.90. The molecule has 0 spiro atoms. The number of aliphatic imine (C=N–C) groups is 1. The number of nitrogens with one attached hydrogen (secondary N) is 1. The number of amidine groups is 1. The molecule has 1 saturated heterocycles. The van der Waals surface area contributed by atoms with Gasteiger partial charge >= 0.3 is 6.03 Å². The molecule has 180 valence electrons. The van der Waals surface area contributed by atoms with E-state index in [0.29, 0.717) is 31.1 Å². The summed E-state index contributed by atoms with van der Waals surface area (Å²) in [4.78, 5) is 22.1. The summed E-state index contributed by atoms with van der Waals surface area (Å²) < 4.78 is 16.8. The van der Waals surface area contributed by atoms with Gasteiger partial charge in [0.2, 0.25) is 0 Å². The van der Waals surface area contributed by atoms with Crippen molar-refractivity contribution in [3.05, 3.63) is 72.3 Å². The molecule has 1 unspecified atom stereocenters. The number of benzene rings is 3. The first-order valence-corrected chi connectivity index (χ1v) is 11.6. The summed E-state index contributed by atoms with van der Waals surface area (Å²) >= 11 is 0. The quantitative estimate of drug-likeness (QED) is 0.572. The van der Waals surface area contributed by atoms with Gasteiger partial charge in [-0.25, -0.2) is 9.79 Å². The fourth-order valence-electron chi connectivity index (χ4n) is 4.39. The van der Waals surface area contributed by atoms with E-state index in [-0.39, 0.29) is 12.1 Å².